The summed E-state index contributed by atoms with van der Waals surface area (Å²) < 4.78 is 0.971. The molecule has 0 aliphatic rings. The molecule has 0 atom stereocenters. The largest absolute Gasteiger partial charge is 0.465 e. The van der Waals surface area contributed by atoms with Crippen LogP contribution >= 0.6 is 22.6 Å². The standard InChI is InChI=1S/C6H5IN2O2/c7-4-1-2-5(8-3-4)9-6(10)11/h1-3H,(H,8,9)(H,10,11). The highest BCUT2D eigenvalue weighted by atomic mass is 127. The molecular formula is C6H5IN2O2. The first-order valence-electron chi connectivity index (χ1n) is 2.80. The lowest BCUT2D eigenvalue weighted by Gasteiger charge is -1.97. The Kier molecular flexibility index (Phi) is 2.64. The zero-order valence-corrected chi connectivity index (χ0v) is 7.57. The average Bonchev–Trinajstić information content (AvgIpc) is 1.93. The van der Waals surface area contributed by atoms with Crippen molar-refractivity contribution in [3.05, 3.63) is 21.9 Å². The molecule has 0 aromatic carbocycles. The Labute approximate surface area is 76.8 Å². The van der Waals surface area contributed by atoms with Crippen LogP contribution in [0.3, 0.4) is 0 Å². The summed E-state index contributed by atoms with van der Waals surface area (Å²) in [6.07, 6.45) is 0.491. The van der Waals surface area contributed by atoms with Crippen LogP contribution in [0.15, 0.2) is 18.3 Å². The van der Waals surface area contributed by atoms with Crippen molar-refractivity contribution < 1.29 is 9.90 Å². The van der Waals surface area contributed by atoms with Gasteiger partial charge >= 0.3 is 6.09 Å². The molecule has 0 fully saturated rings. The number of rotatable bonds is 1. The normalized spacial score (nSPS) is 9.18. The minimum Gasteiger partial charge on any atom is -0.465 e. The number of hydrogen-bond donors (Lipinski definition) is 2. The second-order valence-corrected chi connectivity index (χ2v) is 3.04. The fraction of sp³-hybridized carbons (Fsp3) is 0. The van der Waals surface area contributed by atoms with Gasteiger partial charge < -0.3 is 5.11 Å². The predicted octanol–water partition coefficient (Wildman–Crippen LogP) is 1.78. The number of anilines is 1. The molecule has 0 unspecified atom stereocenters. The number of carboxylic acid groups (broad SMARTS) is 1. The van der Waals surface area contributed by atoms with Crippen molar-refractivity contribution in [1.82, 2.24) is 4.98 Å². The van der Waals surface area contributed by atoms with E-state index in [-0.39, 0.29) is 0 Å². The summed E-state index contributed by atoms with van der Waals surface area (Å²) >= 11 is 2.09. The van der Waals surface area contributed by atoms with Gasteiger partial charge in [-0.25, -0.2) is 9.78 Å². The Morgan fingerprint density at radius 1 is 1.64 bits per heavy atom. The van der Waals surface area contributed by atoms with Crippen molar-refractivity contribution >= 4 is 34.5 Å². The van der Waals surface area contributed by atoms with Crippen LogP contribution in [0.1, 0.15) is 0 Å². The van der Waals surface area contributed by atoms with Crippen LogP contribution < -0.4 is 5.32 Å². The number of pyridine rings is 1. The predicted molar refractivity (Wildman–Crippen MR) is 48.6 cm³/mol. The molecule has 58 valence electrons. The molecule has 0 saturated carbocycles. The molecule has 0 bridgehead atoms. The highest BCUT2D eigenvalue weighted by Crippen LogP contribution is 2.06. The van der Waals surface area contributed by atoms with E-state index in [1.807, 2.05) is 0 Å². The van der Waals surface area contributed by atoms with Crippen LogP contribution in [0.5, 0.6) is 0 Å². The zero-order chi connectivity index (χ0) is 8.27. The highest BCUT2D eigenvalue weighted by molar-refractivity contribution is 14.1. The molecule has 2 N–H and O–H groups in total. The lowest BCUT2D eigenvalue weighted by molar-refractivity contribution is 0.209. The maximum absolute atomic E-state index is 10.1. The topological polar surface area (TPSA) is 62.2 Å². The quantitative estimate of drug-likeness (QED) is 0.760. The van der Waals surface area contributed by atoms with Gasteiger partial charge in [0, 0.05) is 9.77 Å². The molecule has 0 saturated heterocycles. The summed E-state index contributed by atoms with van der Waals surface area (Å²) in [6.45, 7) is 0. The van der Waals surface area contributed by atoms with Gasteiger partial charge in [0.25, 0.3) is 0 Å². The third-order valence-electron chi connectivity index (χ3n) is 0.962. The molecule has 1 aromatic rings. The Hall–Kier alpha value is -0.850. The smallest absolute Gasteiger partial charge is 0.410 e. The van der Waals surface area contributed by atoms with Gasteiger partial charge in [0.1, 0.15) is 5.82 Å². The summed E-state index contributed by atoms with van der Waals surface area (Å²) in [7, 11) is 0. The second kappa shape index (κ2) is 3.51. The molecule has 0 aliphatic heterocycles. The number of nitrogens with zero attached hydrogens (tertiary/aromatic N) is 1. The SMILES string of the molecule is O=C(O)Nc1ccc(I)cn1. The van der Waals surface area contributed by atoms with Crippen LogP contribution in [-0.4, -0.2) is 16.2 Å². The lowest BCUT2D eigenvalue weighted by atomic mass is 10.5. The van der Waals surface area contributed by atoms with E-state index in [0.29, 0.717) is 5.82 Å². The van der Waals surface area contributed by atoms with Crippen LogP contribution in [-0.2, 0) is 0 Å². The molecule has 4 nitrogen and oxygen atoms in total. The number of hydrogen-bond acceptors (Lipinski definition) is 2. The van der Waals surface area contributed by atoms with Crippen molar-refractivity contribution in [3.63, 3.8) is 0 Å². The monoisotopic (exact) mass is 264 g/mol. The summed E-state index contributed by atoms with van der Waals surface area (Å²) in [5, 5.41) is 10.4. The number of aromatic nitrogens is 1. The van der Waals surface area contributed by atoms with Gasteiger partial charge in [-0.2, -0.15) is 0 Å². The van der Waals surface area contributed by atoms with Crippen molar-refractivity contribution in [1.29, 1.82) is 0 Å². The molecule has 11 heavy (non-hydrogen) atoms. The summed E-state index contributed by atoms with van der Waals surface area (Å²) in [4.78, 5) is 13.9. The minimum absolute atomic E-state index is 0.345. The summed E-state index contributed by atoms with van der Waals surface area (Å²) in [5.41, 5.74) is 0. The average molecular weight is 264 g/mol. The molecule has 0 spiro atoms. The van der Waals surface area contributed by atoms with Gasteiger partial charge in [-0.15, -0.1) is 0 Å². The fourth-order valence-corrected chi connectivity index (χ4v) is 0.878. The Morgan fingerprint density at radius 2 is 2.36 bits per heavy atom. The third kappa shape index (κ3) is 2.71. The van der Waals surface area contributed by atoms with E-state index in [2.05, 4.69) is 32.9 Å². The van der Waals surface area contributed by atoms with Crippen LogP contribution in [0.2, 0.25) is 0 Å². The number of halogens is 1. The van der Waals surface area contributed by atoms with E-state index in [4.69, 9.17) is 5.11 Å². The van der Waals surface area contributed by atoms with Gasteiger partial charge in [0.15, 0.2) is 0 Å². The number of nitrogens with one attached hydrogen (secondary N) is 1. The first-order valence-corrected chi connectivity index (χ1v) is 3.88. The number of amides is 1. The molecule has 0 aliphatic carbocycles. The Bertz CT molecular complexity index is 260. The Morgan fingerprint density at radius 3 is 2.82 bits per heavy atom. The third-order valence-corrected chi connectivity index (χ3v) is 1.60. The van der Waals surface area contributed by atoms with Gasteiger partial charge in [-0.05, 0) is 34.7 Å². The molecule has 1 aromatic heterocycles. The first-order chi connectivity index (χ1) is 5.18. The van der Waals surface area contributed by atoms with E-state index in [1.54, 1.807) is 18.3 Å². The Balaban J connectivity index is 2.74. The van der Waals surface area contributed by atoms with Crippen molar-refractivity contribution in [3.8, 4) is 0 Å². The minimum atomic E-state index is -1.10. The van der Waals surface area contributed by atoms with Gasteiger partial charge in [-0.1, -0.05) is 0 Å². The van der Waals surface area contributed by atoms with Crippen molar-refractivity contribution in [2.24, 2.45) is 0 Å². The molecular weight excluding hydrogens is 259 g/mol. The lowest BCUT2D eigenvalue weighted by Crippen LogP contribution is -2.08. The van der Waals surface area contributed by atoms with E-state index < -0.39 is 6.09 Å². The van der Waals surface area contributed by atoms with E-state index >= 15 is 0 Å². The maximum atomic E-state index is 10.1. The zero-order valence-electron chi connectivity index (χ0n) is 5.41. The van der Waals surface area contributed by atoms with Crippen LogP contribution in [0, 0.1) is 3.57 Å². The van der Waals surface area contributed by atoms with E-state index in [9.17, 15) is 4.79 Å². The molecule has 0 radical (unpaired) electrons. The van der Waals surface area contributed by atoms with Crippen LogP contribution in [0.25, 0.3) is 0 Å². The molecule has 1 heterocycles. The molecule has 5 heteroatoms. The second-order valence-electron chi connectivity index (χ2n) is 1.79. The fourth-order valence-electron chi connectivity index (χ4n) is 0.559. The van der Waals surface area contributed by atoms with Crippen molar-refractivity contribution in [2.75, 3.05) is 5.32 Å². The molecule has 1 rings (SSSR count). The van der Waals surface area contributed by atoms with Gasteiger partial charge in [0.2, 0.25) is 0 Å². The highest BCUT2D eigenvalue weighted by Gasteiger charge is 1.96. The van der Waals surface area contributed by atoms with Gasteiger partial charge in [-0.3, -0.25) is 5.32 Å². The summed E-state index contributed by atoms with van der Waals surface area (Å²) in [6, 6.07) is 3.38. The van der Waals surface area contributed by atoms with Crippen molar-refractivity contribution in [2.45, 2.75) is 0 Å². The van der Waals surface area contributed by atoms with E-state index in [1.165, 1.54) is 0 Å². The van der Waals surface area contributed by atoms with Gasteiger partial charge in [0.05, 0.1) is 0 Å². The van der Waals surface area contributed by atoms with E-state index in [0.717, 1.165) is 3.57 Å². The summed E-state index contributed by atoms with van der Waals surface area (Å²) in [5.74, 6) is 0.345. The maximum Gasteiger partial charge on any atom is 0.410 e. The first kappa shape index (κ1) is 8.25. The van der Waals surface area contributed by atoms with Crippen LogP contribution in [0.4, 0.5) is 10.6 Å². The number of carbonyl (C=O) groups is 1. The molecule has 1 amide bonds.